The normalized spacial score (nSPS) is 10.6. The molecule has 0 aromatic carbocycles. The fourth-order valence-electron chi connectivity index (χ4n) is 3.36. The molecule has 12 heteroatoms. The Morgan fingerprint density at radius 2 is 1.48 bits per heavy atom. The predicted octanol–water partition coefficient (Wildman–Crippen LogP) is 1.38. The van der Waals surface area contributed by atoms with E-state index in [4.69, 9.17) is 9.47 Å². The van der Waals surface area contributed by atoms with Crippen LogP contribution in [0, 0.1) is 0 Å². The maximum atomic E-state index is 13.5. The van der Waals surface area contributed by atoms with Crippen LogP contribution in [0.4, 0.5) is 0 Å². The van der Waals surface area contributed by atoms with E-state index in [1.54, 1.807) is 6.92 Å². The van der Waals surface area contributed by atoms with Gasteiger partial charge in [-0.05, 0) is 32.4 Å². The van der Waals surface area contributed by atoms with Gasteiger partial charge in [0, 0.05) is 55.4 Å². The second-order valence-electron chi connectivity index (χ2n) is 9.12. The van der Waals surface area contributed by atoms with Crippen molar-refractivity contribution in [3.8, 4) is 0 Å². The van der Waals surface area contributed by atoms with Gasteiger partial charge in [-0.1, -0.05) is 39.5 Å². The minimum Gasteiger partial charge on any atom is -0.460 e. The maximum absolute atomic E-state index is 13.5. The summed E-state index contributed by atoms with van der Waals surface area (Å²) in [5.74, 6) is -3.14. The first-order valence-corrected chi connectivity index (χ1v) is 13.1. The molecule has 230 valence electrons. The Bertz CT molecular complexity index is 1090. The zero-order valence-corrected chi connectivity index (χ0v) is 24.6. The molecule has 2 N–H and O–H groups in total. The summed E-state index contributed by atoms with van der Waals surface area (Å²) in [7, 11) is 0. The molecular weight excluding hydrogens is 544 g/mol. The number of ether oxygens (including phenoxy) is 2. The Morgan fingerprint density at radius 3 is 2.02 bits per heavy atom. The Labute approximate surface area is 247 Å². The average molecular weight is 587 g/mol. The number of hydrogen-bond acceptors (Lipinski definition) is 8. The number of hydrogen-bond donors (Lipinski definition) is 2. The summed E-state index contributed by atoms with van der Waals surface area (Å²) in [5.41, 5.74) is 0.616. The maximum Gasteiger partial charge on any atom is 0.333 e. The van der Waals surface area contributed by atoms with Gasteiger partial charge >= 0.3 is 11.9 Å². The quantitative estimate of drug-likeness (QED) is 0.116. The van der Waals surface area contributed by atoms with Gasteiger partial charge in [0.05, 0.1) is 12.6 Å². The molecule has 0 radical (unpaired) electrons. The molecule has 0 heterocycles. The van der Waals surface area contributed by atoms with E-state index in [9.17, 15) is 28.8 Å². The van der Waals surface area contributed by atoms with Gasteiger partial charge in [-0.15, -0.1) is 0 Å². The number of nitrogens with zero attached hydrogens (tertiary/aromatic N) is 2. The standard InChI is InChI=1S/C30H42N4O8/c1-9-25(35)31-14-16-34(26(36)10-2)24(20-42-27(37)11-3)19-23(8)29(39)33(17-18-41-30(40)22(6)7)15-12-13-32-28(38)21(4)5/h9-11,24H,1-4,6,8,12-20H2,5,7H3,(H,31,35)(H,32,38). The summed E-state index contributed by atoms with van der Waals surface area (Å²) < 4.78 is 10.3. The van der Waals surface area contributed by atoms with Crippen LogP contribution in [0.1, 0.15) is 26.7 Å². The van der Waals surface area contributed by atoms with E-state index in [-0.39, 0.29) is 69.4 Å². The molecule has 0 aliphatic rings. The third-order valence-electron chi connectivity index (χ3n) is 5.61. The van der Waals surface area contributed by atoms with Gasteiger partial charge < -0.3 is 29.9 Å². The van der Waals surface area contributed by atoms with Crippen molar-refractivity contribution in [3.63, 3.8) is 0 Å². The van der Waals surface area contributed by atoms with Gasteiger partial charge in [-0.25, -0.2) is 9.59 Å². The summed E-state index contributed by atoms with van der Waals surface area (Å²) in [6.07, 6.45) is 3.37. The summed E-state index contributed by atoms with van der Waals surface area (Å²) >= 11 is 0. The Hall–Kier alpha value is -4.74. The summed E-state index contributed by atoms with van der Waals surface area (Å²) in [6.45, 7) is 24.4. The van der Waals surface area contributed by atoms with Crippen LogP contribution in [0.25, 0.3) is 0 Å². The van der Waals surface area contributed by atoms with Crippen molar-refractivity contribution in [1.82, 2.24) is 20.4 Å². The van der Waals surface area contributed by atoms with Gasteiger partial charge in [0.15, 0.2) is 0 Å². The van der Waals surface area contributed by atoms with Crippen LogP contribution >= 0.6 is 0 Å². The number of rotatable bonds is 21. The van der Waals surface area contributed by atoms with E-state index in [0.29, 0.717) is 12.0 Å². The zero-order valence-electron chi connectivity index (χ0n) is 24.6. The number of carbonyl (C=O) groups is 6. The van der Waals surface area contributed by atoms with Gasteiger partial charge in [-0.2, -0.15) is 0 Å². The molecule has 42 heavy (non-hydrogen) atoms. The Balaban J connectivity index is 5.83. The van der Waals surface area contributed by atoms with E-state index < -0.39 is 35.7 Å². The van der Waals surface area contributed by atoms with E-state index in [0.717, 1.165) is 18.2 Å². The van der Waals surface area contributed by atoms with Crippen LogP contribution in [0.2, 0.25) is 0 Å². The number of nitrogens with one attached hydrogen (secondary N) is 2. The molecule has 0 aromatic rings. The third kappa shape index (κ3) is 14.6. The molecule has 0 aliphatic carbocycles. The van der Waals surface area contributed by atoms with Crippen molar-refractivity contribution in [2.75, 3.05) is 45.9 Å². The SMILES string of the molecule is C=CC(=O)NCCN(C(=O)C=C)C(COC(=O)C=C)CC(=C)C(=O)N(CCCNC(=O)C(=C)C)CCOC(=O)C(=C)C. The number of carbonyl (C=O) groups excluding carboxylic acids is 6. The highest BCUT2D eigenvalue weighted by Crippen LogP contribution is 2.15. The predicted molar refractivity (Wildman–Crippen MR) is 159 cm³/mol. The molecule has 1 atom stereocenters. The fourth-order valence-corrected chi connectivity index (χ4v) is 3.36. The molecular formula is C30H42N4O8. The number of esters is 2. The minimum atomic E-state index is -0.852. The molecule has 0 fully saturated rings. The van der Waals surface area contributed by atoms with Crippen LogP contribution in [-0.4, -0.2) is 97.3 Å². The van der Waals surface area contributed by atoms with Crippen LogP contribution in [-0.2, 0) is 38.2 Å². The molecule has 0 bridgehead atoms. The highest BCUT2D eigenvalue weighted by Gasteiger charge is 2.27. The first-order valence-electron chi connectivity index (χ1n) is 13.1. The van der Waals surface area contributed by atoms with Crippen molar-refractivity contribution in [2.24, 2.45) is 0 Å². The highest BCUT2D eigenvalue weighted by molar-refractivity contribution is 5.94. The Kier molecular flexibility index (Phi) is 17.9. The lowest BCUT2D eigenvalue weighted by Gasteiger charge is -2.32. The molecule has 0 spiro atoms. The molecule has 1 unspecified atom stereocenters. The van der Waals surface area contributed by atoms with Crippen molar-refractivity contribution in [3.05, 3.63) is 74.4 Å². The van der Waals surface area contributed by atoms with Gasteiger partial charge in [0.1, 0.15) is 13.2 Å². The van der Waals surface area contributed by atoms with Crippen LogP contribution in [0.3, 0.4) is 0 Å². The monoisotopic (exact) mass is 586 g/mol. The van der Waals surface area contributed by atoms with Gasteiger partial charge in [0.2, 0.25) is 23.6 Å². The van der Waals surface area contributed by atoms with E-state index in [1.165, 1.54) is 16.7 Å². The third-order valence-corrected chi connectivity index (χ3v) is 5.61. The minimum absolute atomic E-state index is 0.00516. The zero-order chi connectivity index (χ0) is 32.2. The summed E-state index contributed by atoms with van der Waals surface area (Å²) in [5, 5.41) is 5.24. The largest absolute Gasteiger partial charge is 0.460 e. The molecule has 12 nitrogen and oxygen atoms in total. The first kappa shape index (κ1) is 37.3. The van der Waals surface area contributed by atoms with Crippen LogP contribution in [0.15, 0.2) is 74.4 Å². The van der Waals surface area contributed by atoms with E-state index in [2.05, 4.69) is 50.1 Å². The number of amides is 4. The second kappa shape index (κ2) is 20.2. The lowest BCUT2D eigenvalue weighted by molar-refractivity contribution is -0.143. The first-order chi connectivity index (χ1) is 19.8. The van der Waals surface area contributed by atoms with Crippen molar-refractivity contribution >= 4 is 35.6 Å². The molecule has 0 saturated carbocycles. The fraction of sp³-hybridized carbons (Fsp3) is 0.400. The average Bonchev–Trinajstić information content (AvgIpc) is 2.96. The van der Waals surface area contributed by atoms with Crippen LogP contribution < -0.4 is 10.6 Å². The summed E-state index contributed by atoms with van der Waals surface area (Å²) in [6, 6.07) is -0.852. The van der Waals surface area contributed by atoms with Crippen molar-refractivity contribution < 1.29 is 38.2 Å². The van der Waals surface area contributed by atoms with Gasteiger partial charge in [-0.3, -0.25) is 19.2 Å². The van der Waals surface area contributed by atoms with Gasteiger partial charge in [0.25, 0.3) is 0 Å². The van der Waals surface area contributed by atoms with Crippen molar-refractivity contribution in [1.29, 1.82) is 0 Å². The van der Waals surface area contributed by atoms with Crippen molar-refractivity contribution in [2.45, 2.75) is 32.7 Å². The van der Waals surface area contributed by atoms with E-state index >= 15 is 0 Å². The smallest absolute Gasteiger partial charge is 0.333 e. The molecule has 0 rings (SSSR count). The second-order valence-corrected chi connectivity index (χ2v) is 9.12. The highest BCUT2D eigenvalue weighted by atomic mass is 16.5. The lowest BCUT2D eigenvalue weighted by atomic mass is 10.0. The molecule has 0 saturated heterocycles. The topological polar surface area (TPSA) is 151 Å². The molecule has 0 aliphatic heterocycles. The molecule has 4 amide bonds. The summed E-state index contributed by atoms with van der Waals surface area (Å²) in [4.78, 5) is 75.9. The van der Waals surface area contributed by atoms with Crippen LogP contribution in [0.5, 0.6) is 0 Å². The molecule has 0 aromatic heterocycles. The lowest BCUT2D eigenvalue weighted by Crippen LogP contribution is -2.47. The van der Waals surface area contributed by atoms with E-state index in [1.807, 2.05) is 0 Å². The Morgan fingerprint density at radius 1 is 0.810 bits per heavy atom.